The van der Waals surface area contributed by atoms with Gasteiger partial charge in [0.1, 0.15) is 11.4 Å². The number of hydrogen-bond acceptors (Lipinski definition) is 3. The van der Waals surface area contributed by atoms with Crippen molar-refractivity contribution in [3.63, 3.8) is 0 Å². The fourth-order valence-corrected chi connectivity index (χ4v) is 2.37. The minimum absolute atomic E-state index is 0.0308. The van der Waals surface area contributed by atoms with Gasteiger partial charge >= 0.3 is 0 Å². The summed E-state index contributed by atoms with van der Waals surface area (Å²) >= 11 is 0. The van der Waals surface area contributed by atoms with Crippen molar-refractivity contribution in [1.82, 2.24) is 4.90 Å². The molecular formula is C16H23NO3. The number of amides is 1. The zero-order chi connectivity index (χ0) is 14.8. The standard InChI is InChI=1S/C16H23NO3/c1-16(2,3)20-14-6-4-13(5-7-14)15(19)17-9-8-12(10-17)11-18/h4-7,12,18H,8-11H2,1-3H3. The molecule has 0 saturated carbocycles. The smallest absolute Gasteiger partial charge is 0.253 e. The molecule has 1 N–H and O–H groups in total. The second kappa shape index (κ2) is 5.83. The summed E-state index contributed by atoms with van der Waals surface area (Å²) in [5.74, 6) is 1.02. The third-order valence-electron chi connectivity index (χ3n) is 3.36. The maximum Gasteiger partial charge on any atom is 0.253 e. The second-order valence-corrected chi connectivity index (χ2v) is 6.33. The number of rotatable bonds is 3. The predicted octanol–water partition coefficient (Wildman–Crippen LogP) is 2.32. The molecule has 4 nitrogen and oxygen atoms in total. The number of nitrogens with zero attached hydrogens (tertiary/aromatic N) is 1. The van der Waals surface area contributed by atoms with E-state index in [1.807, 2.05) is 32.9 Å². The van der Waals surface area contributed by atoms with Crippen LogP contribution in [0.3, 0.4) is 0 Å². The molecule has 2 rings (SSSR count). The Morgan fingerprint density at radius 3 is 2.50 bits per heavy atom. The van der Waals surface area contributed by atoms with Crippen molar-refractivity contribution in [3.8, 4) is 5.75 Å². The maximum atomic E-state index is 12.3. The van der Waals surface area contributed by atoms with Crippen LogP contribution in [0.2, 0.25) is 0 Å². The molecule has 0 aromatic heterocycles. The summed E-state index contributed by atoms with van der Waals surface area (Å²) < 4.78 is 5.74. The molecule has 1 saturated heterocycles. The Bertz CT molecular complexity index is 462. The molecule has 1 aliphatic rings. The Morgan fingerprint density at radius 1 is 1.35 bits per heavy atom. The van der Waals surface area contributed by atoms with Crippen molar-refractivity contribution in [1.29, 1.82) is 0 Å². The van der Waals surface area contributed by atoms with Crippen LogP contribution >= 0.6 is 0 Å². The molecule has 1 heterocycles. The predicted molar refractivity (Wildman–Crippen MR) is 77.9 cm³/mol. The van der Waals surface area contributed by atoms with Crippen LogP contribution in [0, 0.1) is 5.92 Å². The topological polar surface area (TPSA) is 49.8 Å². The van der Waals surface area contributed by atoms with Crippen molar-refractivity contribution >= 4 is 5.91 Å². The summed E-state index contributed by atoms with van der Waals surface area (Å²) in [6.07, 6.45) is 0.882. The quantitative estimate of drug-likeness (QED) is 0.922. The lowest BCUT2D eigenvalue weighted by Gasteiger charge is -2.21. The van der Waals surface area contributed by atoms with Gasteiger partial charge in [-0.2, -0.15) is 0 Å². The first-order chi connectivity index (χ1) is 9.39. The zero-order valence-electron chi connectivity index (χ0n) is 12.4. The summed E-state index contributed by atoms with van der Waals surface area (Å²) in [6.45, 7) is 7.50. The van der Waals surface area contributed by atoms with E-state index in [1.54, 1.807) is 17.0 Å². The van der Waals surface area contributed by atoms with Crippen LogP contribution in [-0.2, 0) is 0 Å². The average Bonchev–Trinajstić information content (AvgIpc) is 2.85. The lowest BCUT2D eigenvalue weighted by molar-refractivity contribution is 0.0782. The number of ether oxygens (including phenoxy) is 1. The number of aliphatic hydroxyl groups excluding tert-OH is 1. The first kappa shape index (κ1) is 14.9. The third kappa shape index (κ3) is 3.73. The number of likely N-dealkylation sites (tertiary alicyclic amines) is 1. The molecule has 4 heteroatoms. The van der Waals surface area contributed by atoms with Gasteiger partial charge in [0.2, 0.25) is 0 Å². The molecule has 1 aromatic rings. The van der Waals surface area contributed by atoms with Crippen LogP contribution in [0.5, 0.6) is 5.75 Å². The molecule has 1 unspecified atom stereocenters. The van der Waals surface area contributed by atoms with E-state index in [1.165, 1.54) is 0 Å². The first-order valence-corrected chi connectivity index (χ1v) is 7.08. The average molecular weight is 277 g/mol. The monoisotopic (exact) mass is 277 g/mol. The van der Waals surface area contributed by atoms with Gasteiger partial charge in [-0.25, -0.2) is 0 Å². The van der Waals surface area contributed by atoms with Crippen molar-refractivity contribution in [3.05, 3.63) is 29.8 Å². The zero-order valence-corrected chi connectivity index (χ0v) is 12.4. The lowest BCUT2D eigenvalue weighted by atomic mass is 10.1. The van der Waals surface area contributed by atoms with E-state index in [-0.39, 0.29) is 24.0 Å². The van der Waals surface area contributed by atoms with Crippen LogP contribution in [0.1, 0.15) is 37.6 Å². The van der Waals surface area contributed by atoms with E-state index >= 15 is 0 Å². The minimum atomic E-state index is -0.241. The van der Waals surface area contributed by atoms with Crippen molar-refractivity contribution in [2.45, 2.75) is 32.8 Å². The van der Waals surface area contributed by atoms with E-state index in [9.17, 15) is 4.79 Å². The number of carbonyl (C=O) groups excluding carboxylic acids is 1. The molecule has 1 fully saturated rings. The SMILES string of the molecule is CC(C)(C)Oc1ccc(C(=O)N2CCC(CO)C2)cc1. The number of aliphatic hydroxyl groups is 1. The second-order valence-electron chi connectivity index (χ2n) is 6.33. The van der Waals surface area contributed by atoms with E-state index < -0.39 is 0 Å². The highest BCUT2D eigenvalue weighted by atomic mass is 16.5. The van der Waals surface area contributed by atoms with Gasteiger partial charge in [0.05, 0.1) is 0 Å². The lowest BCUT2D eigenvalue weighted by Crippen LogP contribution is -2.29. The van der Waals surface area contributed by atoms with E-state index in [2.05, 4.69) is 0 Å². The summed E-state index contributed by atoms with van der Waals surface area (Å²) in [6, 6.07) is 7.27. The molecule has 1 aromatic carbocycles. The van der Waals surface area contributed by atoms with E-state index in [0.29, 0.717) is 12.1 Å². The van der Waals surface area contributed by atoms with Gasteiger partial charge in [0.25, 0.3) is 5.91 Å². The largest absolute Gasteiger partial charge is 0.488 e. The Labute approximate surface area is 120 Å². The maximum absolute atomic E-state index is 12.3. The molecule has 1 amide bonds. The normalized spacial score (nSPS) is 19.2. The van der Waals surface area contributed by atoms with Crippen LogP contribution in [0.4, 0.5) is 0 Å². The number of hydrogen-bond donors (Lipinski definition) is 1. The highest BCUT2D eigenvalue weighted by Gasteiger charge is 2.26. The Balaban J connectivity index is 2.01. The number of benzene rings is 1. The van der Waals surface area contributed by atoms with Crippen LogP contribution in [-0.4, -0.2) is 41.2 Å². The van der Waals surface area contributed by atoms with Crippen LogP contribution in [0.15, 0.2) is 24.3 Å². The van der Waals surface area contributed by atoms with Crippen molar-refractivity contribution < 1.29 is 14.6 Å². The molecule has 1 aliphatic heterocycles. The van der Waals surface area contributed by atoms with Gasteiger partial charge in [0.15, 0.2) is 0 Å². The van der Waals surface area contributed by atoms with Crippen LogP contribution in [0.25, 0.3) is 0 Å². The third-order valence-corrected chi connectivity index (χ3v) is 3.36. The Hall–Kier alpha value is -1.55. The van der Waals surface area contributed by atoms with Gasteiger partial charge in [-0.05, 0) is 51.5 Å². The van der Waals surface area contributed by atoms with Crippen molar-refractivity contribution in [2.24, 2.45) is 5.92 Å². The molecule has 110 valence electrons. The van der Waals surface area contributed by atoms with E-state index in [0.717, 1.165) is 18.7 Å². The minimum Gasteiger partial charge on any atom is -0.488 e. The summed E-state index contributed by atoms with van der Waals surface area (Å²) in [5, 5.41) is 9.13. The van der Waals surface area contributed by atoms with Crippen LogP contribution < -0.4 is 4.74 Å². The highest BCUT2D eigenvalue weighted by molar-refractivity contribution is 5.94. The van der Waals surface area contributed by atoms with Gasteiger partial charge in [-0.15, -0.1) is 0 Å². The van der Waals surface area contributed by atoms with Gasteiger partial charge in [-0.1, -0.05) is 0 Å². The van der Waals surface area contributed by atoms with Gasteiger partial charge in [0, 0.05) is 31.2 Å². The van der Waals surface area contributed by atoms with Gasteiger partial charge < -0.3 is 14.7 Å². The Kier molecular flexibility index (Phi) is 4.33. The molecule has 0 spiro atoms. The summed E-state index contributed by atoms with van der Waals surface area (Å²) in [4.78, 5) is 14.1. The fourth-order valence-electron chi connectivity index (χ4n) is 2.37. The first-order valence-electron chi connectivity index (χ1n) is 7.08. The van der Waals surface area contributed by atoms with Gasteiger partial charge in [-0.3, -0.25) is 4.79 Å². The molecule has 0 bridgehead atoms. The molecule has 1 atom stereocenters. The summed E-state index contributed by atoms with van der Waals surface area (Å²) in [5.41, 5.74) is 0.430. The fraction of sp³-hybridized carbons (Fsp3) is 0.562. The highest BCUT2D eigenvalue weighted by Crippen LogP contribution is 2.21. The number of carbonyl (C=O) groups is 1. The molecular weight excluding hydrogens is 254 g/mol. The molecule has 0 radical (unpaired) electrons. The molecule has 0 aliphatic carbocycles. The molecule has 20 heavy (non-hydrogen) atoms. The summed E-state index contributed by atoms with van der Waals surface area (Å²) in [7, 11) is 0. The van der Waals surface area contributed by atoms with Crippen molar-refractivity contribution in [2.75, 3.05) is 19.7 Å². The Morgan fingerprint density at radius 2 is 2.00 bits per heavy atom. The van der Waals surface area contributed by atoms with E-state index in [4.69, 9.17) is 9.84 Å².